The second-order valence-electron chi connectivity index (χ2n) is 14.1. The van der Waals surface area contributed by atoms with Crippen molar-refractivity contribution in [3.8, 4) is 0 Å². The largest absolute Gasteiger partial charge is 0.514 e. The molecule has 0 bridgehead atoms. The van der Waals surface area contributed by atoms with Gasteiger partial charge in [-0.25, -0.2) is 56.9 Å². The quantitative estimate of drug-likeness (QED) is 0.0649. The van der Waals surface area contributed by atoms with Crippen LogP contribution < -0.4 is 33.0 Å². The minimum Gasteiger partial charge on any atom is -0.445 e. The molecular formula is C39H54N6O18. The zero-order valence-corrected chi connectivity index (χ0v) is 34.9. The van der Waals surface area contributed by atoms with Crippen molar-refractivity contribution in [3.63, 3.8) is 0 Å². The van der Waals surface area contributed by atoms with Crippen molar-refractivity contribution in [1.82, 2.24) is 29.7 Å². The van der Waals surface area contributed by atoms with Gasteiger partial charge in [0.15, 0.2) is 19.8 Å². The number of nitrogens with zero attached hydrogens (tertiary/aromatic N) is 3. The Kier molecular flexibility index (Phi) is 21.2. The Balaban J connectivity index is 1.19. The molecule has 0 unspecified atom stereocenters. The molecule has 0 atom stereocenters. The molecule has 3 aliphatic rings. The van der Waals surface area contributed by atoms with Crippen LogP contribution in [0, 0.1) is 0 Å². The summed E-state index contributed by atoms with van der Waals surface area (Å²) in [7, 11) is 0. The molecule has 0 saturated carbocycles. The van der Waals surface area contributed by atoms with Crippen LogP contribution in [-0.2, 0) is 62.3 Å². The van der Waals surface area contributed by atoms with Crippen LogP contribution in [-0.4, -0.2) is 110 Å². The fourth-order valence-corrected chi connectivity index (χ4v) is 6.05. The number of alkyl carbamates (subject to hydrolysis) is 3. The third-order valence-corrected chi connectivity index (χ3v) is 9.34. The molecule has 24 heteroatoms. The lowest BCUT2D eigenvalue weighted by Crippen LogP contribution is -2.54. The second kappa shape index (κ2) is 27.2. The van der Waals surface area contributed by atoms with E-state index >= 15 is 0 Å². The summed E-state index contributed by atoms with van der Waals surface area (Å²) in [6.07, 6.45) is 7.03. The van der Waals surface area contributed by atoms with E-state index in [0.29, 0.717) is 96.7 Å². The topological polar surface area (TPSA) is 288 Å². The molecule has 3 fully saturated rings. The molecule has 3 N–H and O–H groups in total. The molecule has 1 aromatic heterocycles. The fourth-order valence-electron chi connectivity index (χ4n) is 6.05. The predicted octanol–water partition coefficient (Wildman–Crippen LogP) is 3.18. The van der Waals surface area contributed by atoms with E-state index in [4.69, 9.17) is 28.4 Å². The normalized spacial score (nSPS) is 16.2. The van der Waals surface area contributed by atoms with Crippen LogP contribution in [0.5, 0.6) is 0 Å². The fraction of sp³-hybridized carbons (Fsp3) is 0.615. The maximum absolute atomic E-state index is 13.5. The number of nitrogens with one attached hydrogen (secondary N) is 3. The Morgan fingerprint density at radius 1 is 0.429 bits per heavy atom. The number of ether oxygens (including phenoxy) is 9. The Bertz CT molecular complexity index is 1760. The highest BCUT2D eigenvalue weighted by atomic mass is 16.8. The van der Waals surface area contributed by atoms with Crippen molar-refractivity contribution in [2.45, 2.75) is 96.7 Å². The first-order chi connectivity index (χ1) is 30.5. The van der Waals surface area contributed by atoms with Crippen LogP contribution in [0.25, 0.3) is 0 Å². The van der Waals surface area contributed by atoms with Gasteiger partial charge in [-0.15, -0.1) is 0 Å². The van der Waals surface area contributed by atoms with E-state index in [9.17, 15) is 43.2 Å². The number of aromatic nitrogens is 3. The molecule has 3 saturated heterocycles. The Hall–Kier alpha value is -6.75. The van der Waals surface area contributed by atoms with Gasteiger partial charge in [0.2, 0.25) is 0 Å². The number of hydrogen-bond acceptors (Lipinski definition) is 18. The Morgan fingerprint density at radius 2 is 0.698 bits per heavy atom. The highest BCUT2D eigenvalue weighted by molar-refractivity contribution is 5.68. The number of cyclic esters (lactones) is 6. The van der Waals surface area contributed by atoms with Gasteiger partial charge in [0.1, 0.15) is 37.1 Å². The van der Waals surface area contributed by atoms with Crippen molar-refractivity contribution >= 4 is 36.7 Å². The van der Waals surface area contributed by atoms with Crippen LogP contribution in [0.1, 0.15) is 77.0 Å². The van der Waals surface area contributed by atoms with Gasteiger partial charge in [0.25, 0.3) is 0 Å². The average Bonchev–Trinajstić information content (AvgIpc) is 4.00. The molecule has 0 aliphatic carbocycles. The van der Waals surface area contributed by atoms with Crippen LogP contribution in [0.15, 0.2) is 49.9 Å². The summed E-state index contributed by atoms with van der Waals surface area (Å²) in [6, 6.07) is 0. The standard InChI is InChI=1S/C39H54N6O18/c46-31(55-22-13-28-25-58-37(52)61-28)40-16-7-1-4-10-19-43-34(49)44(20-11-5-2-8-17-41-32(47)56-23-14-29-26-59-38(53)62-29)36(51)45(35(43)50)21-12-6-3-9-18-42-33(48)57-24-15-30-27-60-39(54)63-30/h13-15H,1-12,16-27H2,(H,40,46)(H,41,47)(H,42,48)/b28-13-,29-14-,30-15-. The van der Waals surface area contributed by atoms with Gasteiger partial charge < -0.3 is 58.6 Å². The second-order valence-corrected chi connectivity index (χ2v) is 14.1. The van der Waals surface area contributed by atoms with Crippen LogP contribution >= 0.6 is 0 Å². The van der Waals surface area contributed by atoms with Gasteiger partial charge in [-0.2, -0.15) is 0 Å². The van der Waals surface area contributed by atoms with E-state index in [0.717, 1.165) is 13.7 Å². The number of rotatable bonds is 27. The zero-order chi connectivity index (χ0) is 45.2. The van der Waals surface area contributed by atoms with Crippen molar-refractivity contribution < 1.29 is 71.4 Å². The van der Waals surface area contributed by atoms with Gasteiger partial charge in [0, 0.05) is 39.3 Å². The summed E-state index contributed by atoms with van der Waals surface area (Å²) < 4.78 is 46.4. The monoisotopic (exact) mass is 894 g/mol. The van der Waals surface area contributed by atoms with Gasteiger partial charge in [-0.05, 0) is 56.8 Å². The van der Waals surface area contributed by atoms with E-state index < -0.39 is 53.8 Å². The average molecular weight is 895 g/mol. The highest BCUT2D eigenvalue weighted by Gasteiger charge is 2.20. The summed E-state index contributed by atoms with van der Waals surface area (Å²) in [5.41, 5.74) is -2.07. The van der Waals surface area contributed by atoms with Crippen LogP contribution in [0.3, 0.4) is 0 Å². The van der Waals surface area contributed by atoms with Crippen molar-refractivity contribution in [1.29, 1.82) is 0 Å². The first-order valence-electron chi connectivity index (χ1n) is 20.8. The van der Waals surface area contributed by atoms with Gasteiger partial charge >= 0.3 is 53.8 Å². The molecule has 348 valence electrons. The molecule has 0 radical (unpaired) electrons. The molecule has 3 aliphatic heterocycles. The lowest BCUT2D eigenvalue weighted by Gasteiger charge is -2.14. The van der Waals surface area contributed by atoms with Crippen molar-refractivity contribution in [2.24, 2.45) is 0 Å². The van der Waals surface area contributed by atoms with Gasteiger partial charge in [-0.3, -0.25) is 0 Å². The van der Waals surface area contributed by atoms with Gasteiger partial charge in [-0.1, -0.05) is 38.5 Å². The third-order valence-electron chi connectivity index (χ3n) is 9.34. The first-order valence-corrected chi connectivity index (χ1v) is 20.8. The molecule has 3 amide bonds. The SMILES string of the molecule is O=C(NCCCCCCn1c(=O)n(CCCCCCNC(=O)OC/C=C2/COC(=O)O2)c(=O)n(CCCCCCNC(=O)OC/C=C2/COC(=O)O2)c1=O)OC/C=C1/COC(=O)O1. The highest BCUT2D eigenvalue weighted by Crippen LogP contribution is 2.11. The number of unbranched alkanes of at least 4 members (excludes halogenated alkanes) is 9. The maximum Gasteiger partial charge on any atom is 0.514 e. The van der Waals surface area contributed by atoms with E-state index in [-0.39, 0.29) is 76.6 Å². The molecule has 1 aromatic rings. The maximum atomic E-state index is 13.5. The minimum absolute atomic E-state index is 0.0186. The lowest BCUT2D eigenvalue weighted by molar-refractivity contribution is 0.134. The molecule has 0 spiro atoms. The summed E-state index contributed by atoms with van der Waals surface area (Å²) in [6.45, 7) is 0.894. The third kappa shape index (κ3) is 18.4. The van der Waals surface area contributed by atoms with Crippen LogP contribution in [0.4, 0.5) is 28.8 Å². The minimum atomic E-state index is -0.811. The molecule has 24 nitrogen and oxygen atoms in total. The van der Waals surface area contributed by atoms with E-state index in [2.05, 4.69) is 30.2 Å². The number of amides is 3. The lowest BCUT2D eigenvalue weighted by atomic mass is 10.2. The summed E-state index contributed by atoms with van der Waals surface area (Å²) in [4.78, 5) is 109. The molecule has 4 rings (SSSR count). The van der Waals surface area contributed by atoms with Gasteiger partial charge in [0.05, 0.1) is 0 Å². The molecule has 4 heterocycles. The molecular weight excluding hydrogens is 840 g/mol. The Morgan fingerprint density at radius 3 is 0.952 bits per heavy atom. The van der Waals surface area contributed by atoms with Crippen LogP contribution in [0.2, 0.25) is 0 Å². The number of hydrogen-bond donors (Lipinski definition) is 3. The number of carbonyl (C=O) groups is 6. The summed E-state index contributed by atoms with van der Waals surface area (Å²) in [5, 5.41) is 7.86. The van der Waals surface area contributed by atoms with E-state index in [1.54, 1.807) is 0 Å². The Labute approximate surface area is 360 Å². The predicted molar refractivity (Wildman–Crippen MR) is 214 cm³/mol. The summed E-state index contributed by atoms with van der Waals surface area (Å²) in [5.74, 6) is 0.781. The smallest absolute Gasteiger partial charge is 0.445 e. The zero-order valence-electron chi connectivity index (χ0n) is 34.9. The number of carbonyl (C=O) groups excluding carboxylic acids is 6. The summed E-state index contributed by atoms with van der Waals surface area (Å²) >= 11 is 0. The first kappa shape index (κ1) is 48.9. The molecule has 0 aromatic carbocycles. The van der Waals surface area contributed by atoms with E-state index in [1.165, 1.54) is 18.2 Å². The van der Waals surface area contributed by atoms with Crippen molar-refractivity contribution in [2.75, 3.05) is 59.3 Å². The molecule has 63 heavy (non-hydrogen) atoms. The van der Waals surface area contributed by atoms with E-state index in [1.807, 2.05) is 0 Å². The van der Waals surface area contributed by atoms with Crippen molar-refractivity contribution in [3.05, 3.63) is 67.0 Å².